The molecular formula is C25H21F3N4O10. The van der Waals surface area contributed by atoms with Gasteiger partial charge in [-0.15, -0.1) is 0 Å². The van der Waals surface area contributed by atoms with Gasteiger partial charge >= 0.3 is 24.3 Å². The normalized spacial score (nSPS) is 12.1. The number of carboxylic acid groups (broad SMARTS) is 1. The number of carbonyl (C=O) groups excluding carboxylic acids is 2. The smallest absolute Gasteiger partial charge is 0.460 e. The third-order valence-corrected chi connectivity index (χ3v) is 5.60. The number of esters is 2. The number of hydrogen-bond donors (Lipinski definition) is 2. The van der Waals surface area contributed by atoms with Crippen molar-refractivity contribution in [2.45, 2.75) is 25.6 Å². The van der Waals surface area contributed by atoms with E-state index in [1.807, 2.05) is 0 Å². The van der Waals surface area contributed by atoms with E-state index < -0.39 is 49.3 Å². The fourth-order valence-electron chi connectivity index (χ4n) is 3.70. The van der Waals surface area contributed by atoms with E-state index in [1.165, 1.54) is 35.1 Å². The number of aliphatic hydroxyl groups is 1. The molecule has 0 spiro atoms. The third kappa shape index (κ3) is 6.74. The minimum atomic E-state index is -4.75. The first-order valence-corrected chi connectivity index (χ1v) is 12.0. The molecule has 0 aliphatic carbocycles. The molecule has 4 rings (SSSR count). The molecule has 0 radical (unpaired) electrons. The number of fused-ring (bicyclic) bond motifs is 1. The molecule has 0 saturated heterocycles. The van der Waals surface area contributed by atoms with Crippen molar-refractivity contribution in [2.24, 2.45) is 0 Å². The number of aryl methyl sites for hydroxylation is 1. The van der Waals surface area contributed by atoms with Crippen LogP contribution in [0.25, 0.3) is 16.9 Å². The average molecular weight is 594 g/mol. The number of imidazole rings is 1. The lowest BCUT2D eigenvalue weighted by atomic mass is 10.1. The maximum absolute atomic E-state index is 13.3. The Bertz CT molecular complexity index is 1600. The van der Waals surface area contributed by atoms with Gasteiger partial charge in [0.15, 0.2) is 11.8 Å². The van der Waals surface area contributed by atoms with Crippen LogP contribution in [0.3, 0.4) is 0 Å². The lowest BCUT2D eigenvalue weighted by molar-refractivity contribution is -0.156. The van der Waals surface area contributed by atoms with Gasteiger partial charge in [-0.2, -0.15) is 13.2 Å². The minimum absolute atomic E-state index is 0.0242. The maximum Gasteiger partial charge on any atom is 0.505 e. The Morgan fingerprint density at radius 2 is 1.88 bits per heavy atom. The fraction of sp³-hybridized carbons (Fsp3) is 0.280. The van der Waals surface area contributed by atoms with Gasteiger partial charge in [0, 0.05) is 12.4 Å². The molecular weight excluding hydrogens is 573 g/mol. The lowest BCUT2D eigenvalue weighted by Gasteiger charge is -2.12. The van der Waals surface area contributed by atoms with Gasteiger partial charge in [0.1, 0.15) is 31.8 Å². The molecule has 0 unspecified atom stereocenters. The van der Waals surface area contributed by atoms with Gasteiger partial charge in [-0.3, -0.25) is 4.40 Å². The first-order chi connectivity index (χ1) is 20.0. The van der Waals surface area contributed by atoms with Crippen molar-refractivity contribution in [3.05, 3.63) is 59.9 Å². The highest BCUT2D eigenvalue weighted by atomic mass is 19.4. The summed E-state index contributed by atoms with van der Waals surface area (Å²) in [7, 11) is 0. The van der Waals surface area contributed by atoms with Crippen LogP contribution in [0, 0.1) is 0 Å². The zero-order valence-electron chi connectivity index (χ0n) is 21.5. The number of hydrogen-bond acceptors (Lipinski definition) is 12. The van der Waals surface area contributed by atoms with Gasteiger partial charge in [0.05, 0.1) is 23.0 Å². The molecule has 0 saturated carbocycles. The number of carbonyl (C=O) groups is 3. The average Bonchev–Trinajstić information content (AvgIpc) is 3.61. The Balaban J connectivity index is 1.42. The Morgan fingerprint density at radius 3 is 2.60 bits per heavy atom. The van der Waals surface area contributed by atoms with Gasteiger partial charge in [0.2, 0.25) is 5.65 Å². The second-order valence-corrected chi connectivity index (χ2v) is 8.31. The summed E-state index contributed by atoms with van der Waals surface area (Å²) in [5.41, 5.74) is -0.663. The molecule has 42 heavy (non-hydrogen) atoms. The molecule has 1 aromatic carbocycles. The topological polar surface area (TPSA) is 185 Å². The lowest BCUT2D eigenvalue weighted by Crippen LogP contribution is -2.30. The molecule has 0 aliphatic heterocycles. The Morgan fingerprint density at radius 1 is 1.12 bits per heavy atom. The molecule has 2 N–H and O–H groups in total. The highest BCUT2D eigenvalue weighted by Crippen LogP contribution is 2.37. The second kappa shape index (κ2) is 12.5. The van der Waals surface area contributed by atoms with Gasteiger partial charge in [-0.1, -0.05) is 12.1 Å². The summed E-state index contributed by atoms with van der Waals surface area (Å²) in [6.07, 6.45) is -3.09. The van der Waals surface area contributed by atoms with Crippen LogP contribution in [0.2, 0.25) is 0 Å². The van der Waals surface area contributed by atoms with Gasteiger partial charge in [-0.05, 0) is 30.2 Å². The third-order valence-electron chi connectivity index (χ3n) is 5.60. The van der Waals surface area contributed by atoms with E-state index in [9.17, 15) is 32.7 Å². The molecule has 0 fully saturated rings. The van der Waals surface area contributed by atoms with Crippen molar-refractivity contribution in [3.63, 3.8) is 0 Å². The Labute approximate surface area is 233 Å². The standard InChI is InChI=1S/C25H21F3N4O10/c1-2-13-9-14(3-4-15(13)22(34)38-7-8-39-23(35)18(33)12-40-24(36)37)42-21-20-30-10-17(32(20)6-5-29-21)16-11-41-31-19(16)25(26,27)28/h3-6,9-11,18,33H,2,7-8,12H2,1H3,(H,36,37)/t18-/m0/s1. The summed E-state index contributed by atoms with van der Waals surface area (Å²) < 4.78 is 65.6. The van der Waals surface area contributed by atoms with Crippen molar-refractivity contribution in [1.82, 2.24) is 19.5 Å². The van der Waals surface area contributed by atoms with E-state index in [2.05, 4.69) is 24.4 Å². The number of halogens is 3. The molecule has 14 nitrogen and oxygen atoms in total. The van der Waals surface area contributed by atoms with Gasteiger partial charge in [-0.25, -0.2) is 24.4 Å². The largest absolute Gasteiger partial charge is 0.505 e. The number of rotatable bonds is 11. The van der Waals surface area contributed by atoms with Crippen LogP contribution < -0.4 is 4.74 Å². The van der Waals surface area contributed by atoms with Gasteiger partial charge in [0.25, 0.3) is 5.88 Å². The van der Waals surface area contributed by atoms with Crippen molar-refractivity contribution >= 4 is 23.7 Å². The first kappa shape index (κ1) is 29.8. The van der Waals surface area contributed by atoms with Crippen LogP contribution in [0.1, 0.15) is 28.5 Å². The quantitative estimate of drug-likeness (QED) is 0.146. The first-order valence-electron chi connectivity index (χ1n) is 12.0. The van der Waals surface area contributed by atoms with E-state index in [4.69, 9.17) is 19.3 Å². The number of aliphatic hydroxyl groups excluding tert-OH is 1. The van der Waals surface area contributed by atoms with Crippen LogP contribution >= 0.6 is 0 Å². The maximum atomic E-state index is 13.3. The van der Waals surface area contributed by atoms with Crippen molar-refractivity contribution in [3.8, 4) is 22.9 Å². The van der Waals surface area contributed by atoms with E-state index in [0.29, 0.717) is 12.0 Å². The summed E-state index contributed by atoms with van der Waals surface area (Å²) in [5, 5.41) is 20.9. The SMILES string of the molecule is CCc1cc(Oc2nccn3c(-c4conc4C(F)(F)F)cnc23)ccc1C(=O)OCCOC(=O)[C@@H](O)COC(=O)O. The summed E-state index contributed by atoms with van der Waals surface area (Å²) in [4.78, 5) is 42.7. The molecule has 3 aromatic heterocycles. The monoisotopic (exact) mass is 594 g/mol. The van der Waals surface area contributed by atoms with E-state index >= 15 is 0 Å². The highest BCUT2D eigenvalue weighted by Gasteiger charge is 2.38. The van der Waals surface area contributed by atoms with Crippen molar-refractivity contribution in [2.75, 3.05) is 19.8 Å². The number of alkyl halides is 3. The van der Waals surface area contributed by atoms with Crippen molar-refractivity contribution in [1.29, 1.82) is 0 Å². The summed E-state index contributed by atoms with van der Waals surface area (Å²) >= 11 is 0. The predicted molar refractivity (Wildman–Crippen MR) is 131 cm³/mol. The predicted octanol–water partition coefficient (Wildman–Crippen LogP) is 3.51. The summed E-state index contributed by atoms with van der Waals surface area (Å²) in [6, 6.07) is 4.43. The minimum Gasteiger partial charge on any atom is -0.460 e. The molecule has 222 valence electrons. The van der Waals surface area contributed by atoms with E-state index in [1.54, 1.807) is 13.0 Å². The Hall–Kier alpha value is -5.19. The number of nitrogens with zero attached hydrogens (tertiary/aromatic N) is 4. The van der Waals surface area contributed by atoms with Crippen LogP contribution in [0.15, 0.2) is 47.6 Å². The van der Waals surface area contributed by atoms with Crippen molar-refractivity contribution < 1.29 is 61.2 Å². The molecule has 0 bridgehead atoms. The fourth-order valence-corrected chi connectivity index (χ4v) is 3.70. The number of benzene rings is 1. The molecule has 1 atom stereocenters. The van der Waals surface area contributed by atoms with Crippen LogP contribution in [-0.2, 0) is 31.6 Å². The van der Waals surface area contributed by atoms with E-state index in [-0.39, 0.29) is 40.7 Å². The zero-order valence-corrected chi connectivity index (χ0v) is 21.5. The molecule has 0 amide bonds. The van der Waals surface area contributed by atoms with Gasteiger partial charge < -0.3 is 33.7 Å². The van der Waals surface area contributed by atoms with E-state index in [0.717, 1.165) is 6.26 Å². The number of aromatic nitrogens is 4. The highest BCUT2D eigenvalue weighted by molar-refractivity contribution is 5.91. The molecule has 17 heteroatoms. The van der Waals surface area contributed by atoms with Crippen LogP contribution in [-0.4, -0.2) is 73.8 Å². The molecule has 0 aliphatic rings. The van der Waals surface area contributed by atoms with Crippen LogP contribution in [0.4, 0.5) is 18.0 Å². The summed E-state index contributed by atoms with van der Waals surface area (Å²) in [5.74, 6) is -1.67. The van der Waals surface area contributed by atoms with Crippen LogP contribution in [0.5, 0.6) is 11.6 Å². The Kier molecular flexibility index (Phi) is 8.90. The number of ether oxygens (including phenoxy) is 4. The molecule has 3 heterocycles. The second-order valence-electron chi connectivity index (χ2n) is 8.31. The zero-order chi connectivity index (χ0) is 30.4. The summed E-state index contributed by atoms with van der Waals surface area (Å²) in [6.45, 7) is 0.206. The molecule has 4 aromatic rings.